The van der Waals surface area contributed by atoms with Crippen LogP contribution in [0.25, 0.3) is 0 Å². The van der Waals surface area contributed by atoms with Crippen LogP contribution in [0.5, 0.6) is 0 Å². The van der Waals surface area contributed by atoms with E-state index in [-0.39, 0.29) is 24.8 Å². The highest BCUT2D eigenvalue weighted by molar-refractivity contribution is 5.85. The van der Waals surface area contributed by atoms with E-state index in [0.717, 1.165) is 5.92 Å². The van der Waals surface area contributed by atoms with Gasteiger partial charge in [0.2, 0.25) is 0 Å². The zero-order valence-electron chi connectivity index (χ0n) is 9.05. The monoisotopic (exact) mass is 242 g/mol. The van der Waals surface area contributed by atoms with Gasteiger partial charge in [0, 0.05) is 0 Å². The smallest absolute Gasteiger partial charge is 0.00205 e. The average molecular weight is 243 g/mol. The van der Waals surface area contributed by atoms with Crippen LogP contribution in [0.3, 0.4) is 0 Å². The quantitative estimate of drug-likeness (QED) is 0.723. The molecule has 88 valence electrons. The first-order chi connectivity index (χ1) is 5.93. The van der Waals surface area contributed by atoms with Gasteiger partial charge in [-0.3, -0.25) is 0 Å². The van der Waals surface area contributed by atoms with Crippen LogP contribution in [0.1, 0.15) is 32.1 Å². The molecule has 2 nitrogen and oxygen atoms in total. The van der Waals surface area contributed by atoms with Crippen molar-refractivity contribution >= 4 is 24.8 Å². The van der Waals surface area contributed by atoms with Crippen molar-refractivity contribution in [1.82, 2.24) is 10.6 Å². The molecule has 1 aliphatic heterocycles. The lowest BCUT2D eigenvalue weighted by atomic mass is 9.94. The largest absolute Gasteiger partial charge is 0.320 e. The SMILES string of the molecule is CNCCCCC1CCCNC1.Cl.Cl. The molecule has 0 spiro atoms. The highest BCUT2D eigenvalue weighted by Gasteiger charge is 2.11. The fourth-order valence-electron chi connectivity index (χ4n) is 1.91. The van der Waals surface area contributed by atoms with Gasteiger partial charge in [0.15, 0.2) is 0 Å². The third kappa shape index (κ3) is 7.86. The fraction of sp³-hybridized carbons (Fsp3) is 1.00. The Morgan fingerprint density at radius 2 is 2.07 bits per heavy atom. The summed E-state index contributed by atoms with van der Waals surface area (Å²) in [5.41, 5.74) is 0. The summed E-state index contributed by atoms with van der Waals surface area (Å²) in [5.74, 6) is 0.968. The Hall–Kier alpha value is 0.500. The Labute approximate surface area is 100 Å². The first kappa shape index (κ1) is 16.9. The third-order valence-corrected chi connectivity index (χ3v) is 2.69. The van der Waals surface area contributed by atoms with Crippen molar-refractivity contribution in [3.05, 3.63) is 0 Å². The van der Waals surface area contributed by atoms with Crippen molar-refractivity contribution in [2.75, 3.05) is 26.7 Å². The van der Waals surface area contributed by atoms with Crippen molar-refractivity contribution in [2.24, 2.45) is 5.92 Å². The maximum Gasteiger partial charge on any atom is -0.00205 e. The zero-order chi connectivity index (χ0) is 8.65. The van der Waals surface area contributed by atoms with Crippen LogP contribution in [-0.4, -0.2) is 26.7 Å². The van der Waals surface area contributed by atoms with Crippen molar-refractivity contribution in [3.63, 3.8) is 0 Å². The van der Waals surface area contributed by atoms with E-state index in [1.807, 2.05) is 7.05 Å². The molecule has 0 aliphatic carbocycles. The lowest BCUT2D eigenvalue weighted by molar-refractivity contribution is 0.347. The molecule has 0 saturated carbocycles. The van der Waals surface area contributed by atoms with Gasteiger partial charge >= 0.3 is 0 Å². The van der Waals surface area contributed by atoms with Crippen LogP contribution in [0.2, 0.25) is 0 Å². The van der Waals surface area contributed by atoms with Gasteiger partial charge in [-0.15, -0.1) is 24.8 Å². The minimum absolute atomic E-state index is 0. The van der Waals surface area contributed by atoms with Gasteiger partial charge in [0.25, 0.3) is 0 Å². The van der Waals surface area contributed by atoms with Gasteiger partial charge in [-0.2, -0.15) is 0 Å². The Balaban J connectivity index is 0. The van der Waals surface area contributed by atoms with Crippen LogP contribution in [-0.2, 0) is 0 Å². The minimum Gasteiger partial charge on any atom is -0.320 e. The van der Waals surface area contributed by atoms with Crippen molar-refractivity contribution in [1.29, 1.82) is 0 Å². The third-order valence-electron chi connectivity index (χ3n) is 2.69. The number of hydrogen-bond acceptors (Lipinski definition) is 2. The van der Waals surface area contributed by atoms with Crippen LogP contribution in [0.15, 0.2) is 0 Å². The lowest BCUT2D eigenvalue weighted by Gasteiger charge is -2.22. The van der Waals surface area contributed by atoms with Crippen LogP contribution < -0.4 is 10.6 Å². The highest BCUT2D eigenvalue weighted by Crippen LogP contribution is 2.16. The second kappa shape index (κ2) is 11.6. The van der Waals surface area contributed by atoms with Gasteiger partial charge in [-0.05, 0) is 58.3 Å². The second-order valence-corrected chi connectivity index (χ2v) is 3.81. The lowest BCUT2D eigenvalue weighted by Crippen LogP contribution is -2.29. The maximum atomic E-state index is 3.46. The molecule has 0 radical (unpaired) electrons. The fourth-order valence-corrected chi connectivity index (χ4v) is 1.91. The van der Waals surface area contributed by atoms with E-state index < -0.39 is 0 Å². The number of rotatable bonds is 5. The van der Waals surface area contributed by atoms with Gasteiger partial charge in [0.1, 0.15) is 0 Å². The maximum absolute atomic E-state index is 3.46. The first-order valence-corrected chi connectivity index (χ1v) is 5.29. The summed E-state index contributed by atoms with van der Waals surface area (Å²) in [4.78, 5) is 0. The van der Waals surface area contributed by atoms with Crippen LogP contribution in [0.4, 0.5) is 0 Å². The summed E-state index contributed by atoms with van der Waals surface area (Å²) in [6, 6.07) is 0. The molecule has 14 heavy (non-hydrogen) atoms. The van der Waals surface area contributed by atoms with E-state index in [9.17, 15) is 0 Å². The summed E-state index contributed by atoms with van der Waals surface area (Å²) in [6.07, 6.45) is 7.00. The molecule has 0 amide bonds. The molecule has 0 aromatic rings. The zero-order valence-corrected chi connectivity index (χ0v) is 10.7. The molecular formula is C10H24Cl2N2. The Bertz CT molecular complexity index is 106. The summed E-state index contributed by atoms with van der Waals surface area (Å²) >= 11 is 0. The van der Waals surface area contributed by atoms with E-state index in [1.54, 1.807) is 0 Å². The highest BCUT2D eigenvalue weighted by atomic mass is 35.5. The first-order valence-electron chi connectivity index (χ1n) is 5.29. The minimum atomic E-state index is 0. The normalized spacial score (nSPS) is 20.8. The molecule has 1 atom stereocenters. The van der Waals surface area contributed by atoms with E-state index in [2.05, 4.69) is 10.6 Å². The number of halogens is 2. The number of nitrogens with one attached hydrogen (secondary N) is 2. The molecule has 0 bridgehead atoms. The summed E-state index contributed by atoms with van der Waals surface area (Å²) in [7, 11) is 2.03. The van der Waals surface area contributed by atoms with Crippen molar-refractivity contribution in [3.8, 4) is 0 Å². The molecule has 1 unspecified atom stereocenters. The molecule has 2 N–H and O–H groups in total. The Kier molecular flexibility index (Phi) is 14.0. The standard InChI is InChI=1S/C10H22N2.2ClH/c1-11-7-3-2-5-10-6-4-8-12-9-10;;/h10-12H,2-9H2,1H3;2*1H. The molecule has 1 fully saturated rings. The number of unbranched alkanes of at least 4 members (excludes halogenated alkanes) is 1. The van der Waals surface area contributed by atoms with E-state index >= 15 is 0 Å². The topological polar surface area (TPSA) is 24.1 Å². The van der Waals surface area contributed by atoms with E-state index in [1.165, 1.54) is 51.7 Å². The van der Waals surface area contributed by atoms with Crippen molar-refractivity contribution < 1.29 is 0 Å². The van der Waals surface area contributed by atoms with E-state index in [4.69, 9.17) is 0 Å². The Morgan fingerprint density at radius 3 is 2.64 bits per heavy atom. The molecule has 0 aromatic carbocycles. The molecular weight excluding hydrogens is 219 g/mol. The molecule has 4 heteroatoms. The average Bonchev–Trinajstić information content (AvgIpc) is 2.14. The molecule has 1 heterocycles. The summed E-state index contributed by atoms with van der Waals surface area (Å²) < 4.78 is 0. The number of piperidine rings is 1. The Morgan fingerprint density at radius 1 is 1.29 bits per heavy atom. The summed E-state index contributed by atoms with van der Waals surface area (Å²) in [5, 5.41) is 6.65. The molecule has 0 aromatic heterocycles. The van der Waals surface area contributed by atoms with Crippen molar-refractivity contribution in [2.45, 2.75) is 32.1 Å². The van der Waals surface area contributed by atoms with Gasteiger partial charge in [0.05, 0.1) is 0 Å². The van der Waals surface area contributed by atoms with Crippen LogP contribution in [0, 0.1) is 5.92 Å². The van der Waals surface area contributed by atoms with E-state index in [0.29, 0.717) is 0 Å². The number of hydrogen-bond donors (Lipinski definition) is 2. The second-order valence-electron chi connectivity index (χ2n) is 3.81. The van der Waals surface area contributed by atoms with Gasteiger partial charge < -0.3 is 10.6 Å². The molecule has 1 rings (SSSR count). The predicted molar refractivity (Wildman–Crippen MR) is 67.9 cm³/mol. The van der Waals surface area contributed by atoms with Crippen LogP contribution >= 0.6 is 24.8 Å². The summed E-state index contributed by atoms with van der Waals surface area (Å²) in [6.45, 7) is 3.69. The predicted octanol–water partition coefficient (Wildman–Crippen LogP) is 2.22. The molecule has 1 saturated heterocycles. The van der Waals surface area contributed by atoms with Gasteiger partial charge in [-0.1, -0.05) is 6.42 Å². The van der Waals surface area contributed by atoms with Gasteiger partial charge in [-0.25, -0.2) is 0 Å². The molecule has 1 aliphatic rings.